The molecule has 4 aromatic rings. The van der Waals surface area contributed by atoms with Crippen LogP contribution in [-0.4, -0.2) is 35.0 Å². The molecule has 2 aliphatic rings. The first kappa shape index (κ1) is 25.3. The van der Waals surface area contributed by atoms with Crippen molar-refractivity contribution in [1.29, 1.82) is 0 Å². The third-order valence-corrected chi connectivity index (χ3v) is 7.61. The molecule has 6 rings (SSSR count). The lowest BCUT2D eigenvalue weighted by Crippen LogP contribution is -2.22. The third kappa shape index (κ3) is 4.82. The van der Waals surface area contributed by atoms with Gasteiger partial charge in [0, 0.05) is 58.0 Å². The first-order valence-corrected chi connectivity index (χ1v) is 13.0. The zero-order valence-corrected chi connectivity index (χ0v) is 21.8. The standard InChI is InChI=1S/C30H29F3N4O2/c1-16-15-39-29-23(16)12-25(35-28(29)19-6-8-22(31)9-7-19)24(18-4-5-18)13-34-17(2)20-10-21-14-37(30(32)33)36-27(21)26(11-20)38-3/h6-12,14,16,18,24,30,34H,2,4-5,13,15H2,1,3H3. The van der Waals surface area contributed by atoms with Crippen LogP contribution in [0.25, 0.3) is 27.9 Å². The van der Waals surface area contributed by atoms with Crippen molar-refractivity contribution in [3.63, 3.8) is 0 Å². The van der Waals surface area contributed by atoms with Crippen LogP contribution in [0, 0.1) is 11.7 Å². The Bertz CT molecular complexity index is 1550. The van der Waals surface area contributed by atoms with Gasteiger partial charge >= 0.3 is 6.55 Å². The normalized spacial score (nSPS) is 17.2. The molecule has 0 saturated heterocycles. The van der Waals surface area contributed by atoms with Gasteiger partial charge in [-0.15, -0.1) is 0 Å². The fraction of sp³-hybridized carbons (Fsp3) is 0.333. The Balaban J connectivity index is 1.29. The number of hydrogen-bond donors (Lipinski definition) is 1. The molecule has 202 valence electrons. The summed E-state index contributed by atoms with van der Waals surface area (Å²) in [7, 11) is 1.49. The van der Waals surface area contributed by atoms with Gasteiger partial charge in [-0.05, 0) is 61.2 Å². The van der Waals surface area contributed by atoms with Gasteiger partial charge in [0.05, 0.1) is 13.7 Å². The van der Waals surface area contributed by atoms with E-state index >= 15 is 0 Å². The van der Waals surface area contributed by atoms with E-state index in [0.717, 1.165) is 46.7 Å². The third-order valence-electron chi connectivity index (χ3n) is 7.61. The van der Waals surface area contributed by atoms with Crippen LogP contribution in [0.3, 0.4) is 0 Å². The maximum absolute atomic E-state index is 13.6. The average Bonchev–Trinajstić information content (AvgIpc) is 3.56. The molecule has 2 unspecified atom stereocenters. The minimum atomic E-state index is -2.74. The Morgan fingerprint density at radius 1 is 1.21 bits per heavy atom. The number of hydrogen-bond acceptors (Lipinski definition) is 5. The number of halogens is 3. The van der Waals surface area contributed by atoms with Crippen molar-refractivity contribution in [2.24, 2.45) is 5.92 Å². The number of pyridine rings is 1. The van der Waals surface area contributed by atoms with E-state index in [-0.39, 0.29) is 17.7 Å². The van der Waals surface area contributed by atoms with Crippen LogP contribution in [-0.2, 0) is 0 Å². The molecule has 0 radical (unpaired) electrons. The lowest BCUT2D eigenvalue weighted by molar-refractivity contribution is 0.0573. The maximum Gasteiger partial charge on any atom is 0.333 e. The number of aromatic nitrogens is 3. The van der Waals surface area contributed by atoms with Crippen molar-refractivity contribution in [3.05, 3.63) is 77.9 Å². The predicted octanol–water partition coefficient (Wildman–Crippen LogP) is 6.89. The van der Waals surface area contributed by atoms with Crippen LogP contribution in [0.2, 0.25) is 0 Å². The van der Waals surface area contributed by atoms with Crippen LogP contribution < -0.4 is 14.8 Å². The number of nitrogens with zero attached hydrogens (tertiary/aromatic N) is 3. The number of nitrogens with one attached hydrogen (secondary N) is 1. The molecule has 2 aromatic heterocycles. The zero-order valence-electron chi connectivity index (χ0n) is 21.8. The second kappa shape index (κ2) is 9.94. The van der Waals surface area contributed by atoms with Gasteiger partial charge in [0.25, 0.3) is 0 Å². The highest BCUT2D eigenvalue weighted by Crippen LogP contribution is 2.46. The first-order valence-electron chi connectivity index (χ1n) is 13.0. The second-order valence-corrected chi connectivity index (χ2v) is 10.3. The maximum atomic E-state index is 13.6. The Morgan fingerprint density at radius 3 is 2.67 bits per heavy atom. The molecule has 1 fully saturated rings. The van der Waals surface area contributed by atoms with Gasteiger partial charge in [0.2, 0.25) is 0 Å². The molecule has 39 heavy (non-hydrogen) atoms. The van der Waals surface area contributed by atoms with Crippen molar-refractivity contribution in [2.45, 2.75) is 38.2 Å². The van der Waals surface area contributed by atoms with Gasteiger partial charge in [-0.1, -0.05) is 13.5 Å². The molecule has 0 bridgehead atoms. The summed E-state index contributed by atoms with van der Waals surface area (Å²) in [5.74, 6) is 1.73. The van der Waals surface area contributed by atoms with E-state index in [4.69, 9.17) is 14.5 Å². The van der Waals surface area contributed by atoms with Gasteiger partial charge in [-0.2, -0.15) is 13.9 Å². The van der Waals surface area contributed by atoms with Crippen molar-refractivity contribution in [2.75, 3.05) is 20.3 Å². The van der Waals surface area contributed by atoms with Crippen LogP contribution in [0.15, 0.2) is 55.2 Å². The van der Waals surface area contributed by atoms with E-state index in [1.54, 1.807) is 24.3 Å². The largest absolute Gasteiger partial charge is 0.494 e. The summed E-state index contributed by atoms with van der Waals surface area (Å²) < 4.78 is 52.1. The molecule has 1 aliphatic carbocycles. The Morgan fingerprint density at radius 2 is 1.97 bits per heavy atom. The minimum Gasteiger partial charge on any atom is -0.494 e. The smallest absolute Gasteiger partial charge is 0.333 e. The number of fused-ring (bicyclic) bond motifs is 2. The summed E-state index contributed by atoms with van der Waals surface area (Å²) in [6.45, 7) is 4.81. The van der Waals surface area contributed by atoms with Crippen molar-refractivity contribution >= 4 is 16.6 Å². The second-order valence-electron chi connectivity index (χ2n) is 10.3. The molecule has 1 N–H and O–H groups in total. The molecule has 2 aromatic carbocycles. The average molecular weight is 535 g/mol. The van der Waals surface area contributed by atoms with E-state index in [1.807, 2.05) is 0 Å². The quantitative estimate of drug-likeness (QED) is 0.253. The number of methoxy groups -OCH3 is 1. The highest BCUT2D eigenvalue weighted by molar-refractivity contribution is 5.88. The fourth-order valence-corrected chi connectivity index (χ4v) is 5.28. The van der Waals surface area contributed by atoms with Gasteiger partial charge in [0.15, 0.2) is 0 Å². The fourth-order valence-electron chi connectivity index (χ4n) is 5.28. The Kier molecular flexibility index (Phi) is 6.45. The summed E-state index contributed by atoms with van der Waals surface area (Å²) in [5.41, 5.74) is 5.41. The van der Waals surface area contributed by atoms with Crippen molar-refractivity contribution < 1.29 is 22.6 Å². The summed E-state index contributed by atoms with van der Waals surface area (Å²) in [6, 6.07) is 12.0. The minimum absolute atomic E-state index is 0.131. The van der Waals surface area contributed by atoms with Crippen LogP contribution in [0.4, 0.5) is 13.2 Å². The van der Waals surface area contributed by atoms with Gasteiger partial charge in [-0.3, -0.25) is 0 Å². The van der Waals surface area contributed by atoms with Gasteiger partial charge < -0.3 is 14.8 Å². The number of rotatable bonds is 9. The predicted molar refractivity (Wildman–Crippen MR) is 144 cm³/mol. The lowest BCUT2D eigenvalue weighted by atomic mass is 9.93. The number of benzene rings is 2. The molecular formula is C30H29F3N4O2. The molecule has 2 atom stereocenters. The van der Waals surface area contributed by atoms with E-state index in [1.165, 1.54) is 25.4 Å². The monoisotopic (exact) mass is 534 g/mol. The van der Waals surface area contributed by atoms with E-state index < -0.39 is 6.55 Å². The van der Waals surface area contributed by atoms with Crippen molar-refractivity contribution in [3.8, 4) is 22.8 Å². The Hall–Kier alpha value is -4.01. The van der Waals surface area contributed by atoms with Crippen LogP contribution in [0.5, 0.6) is 11.5 Å². The Labute approximate surface area is 224 Å². The molecule has 1 aliphatic heterocycles. The topological polar surface area (TPSA) is 61.2 Å². The highest BCUT2D eigenvalue weighted by atomic mass is 19.3. The zero-order chi connectivity index (χ0) is 27.3. The SMILES string of the molecule is C=C(NCC(c1cc2c(c(-c3ccc(F)cc3)n1)OCC2C)C1CC1)c1cc(OC)c2nn(C(F)F)cc2c1. The highest BCUT2D eigenvalue weighted by Gasteiger charge is 2.35. The van der Waals surface area contributed by atoms with Gasteiger partial charge in [0.1, 0.15) is 28.5 Å². The molecule has 0 amide bonds. The molecule has 6 nitrogen and oxygen atoms in total. The summed E-state index contributed by atoms with van der Waals surface area (Å²) in [6.07, 6.45) is 3.53. The molecular weight excluding hydrogens is 505 g/mol. The lowest BCUT2D eigenvalue weighted by Gasteiger charge is -2.21. The molecule has 9 heteroatoms. The molecule has 3 heterocycles. The van der Waals surface area contributed by atoms with E-state index in [0.29, 0.717) is 46.1 Å². The summed E-state index contributed by atoms with van der Waals surface area (Å²) in [5, 5.41) is 7.96. The first-order chi connectivity index (χ1) is 18.8. The molecule has 0 spiro atoms. The summed E-state index contributed by atoms with van der Waals surface area (Å²) >= 11 is 0. The number of alkyl halides is 2. The van der Waals surface area contributed by atoms with Gasteiger partial charge in [-0.25, -0.2) is 14.1 Å². The van der Waals surface area contributed by atoms with Crippen molar-refractivity contribution in [1.82, 2.24) is 20.1 Å². The van der Waals surface area contributed by atoms with E-state index in [9.17, 15) is 13.2 Å². The molecule has 1 saturated carbocycles. The summed E-state index contributed by atoms with van der Waals surface area (Å²) in [4.78, 5) is 5.06. The van der Waals surface area contributed by atoms with E-state index in [2.05, 4.69) is 30.0 Å². The van der Waals surface area contributed by atoms with Crippen LogP contribution in [0.1, 0.15) is 55.0 Å². The number of ether oxygens (including phenoxy) is 2. The van der Waals surface area contributed by atoms with Crippen LogP contribution >= 0.6 is 0 Å².